The average molecular weight is 244 g/mol. The normalized spacial score (nSPS) is 18.7. The van der Waals surface area contributed by atoms with E-state index in [0.717, 1.165) is 0 Å². The van der Waals surface area contributed by atoms with Crippen LogP contribution in [0.2, 0.25) is 0 Å². The Hall–Kier alpha value is 0.110. The number of Topliss-reactive ketones (excluding diaryl/α,β-unsaturated/α-hetero) is 1. The molecule has 0 saturated carbocycles. The first-order valence-corrected chi connectivity index (χ1v) is 7.60. The van der Waals surface area contributed by atoms with Gasteiger partial charge in [-0.15, -0.1) is 23.5 Å². The Bertz CT molecular complexity index is 250. The Kier molecular flexibility index (Phi) is 5.83. The van der Waals surface area contributed by atoms with Crippen LogP contribution in [0.25, 0.3) is 0 Å². The summed E-state index contributed by atoms with van der Waals surface area (Å²) >= 11 is 3.93. The second-order valence-corrected chi connectivity index (χ2v) is 6.49. The summed E-state index contributed by atoms with van der Waals surface area (Å²) in [5.41, 5.74) is 1.42. The third-order valence-electron chi connectivity index (χ3n) is 2.74. The van der Waals surface area contributed by atoms with E-state index in [1.807, 2.05) is 30.4 Å². The number of hydrogen-bond donors (Lipinski definition) is 0. The Morgan fingerprint density at radius 3 is 2.53 bits per heavy atom. The molecule has 0 radical (unpaired) electrons. The van der Waals surface area contributed by atoms with Gasteiger partial charge >= 0.3 is 0 Å². The maximum atomic E-state index is 11.4. The Labute approximate surface area is 101 Å². The first-order valence-electron chi connectivity index (χ1n) is 5.63. The van der Waals surface area contributed by atoms with Gasteiger partial charge in [0.25, 0.3) is 0 Å². The molecular weight excluding hydrogens is 224 g/mol. The van der Waals surface area contributed by atoms with E-state index in [2.05, 4.69) is 13.8 Å². The SMILES string of the molecule is CCC(=O)CC(C)C(C)=C1SCCCS1. The van der Waals surface area contributed by atoms with Crippen molar-refractivity contribution in [1.29, 1.82) is 0 Å². The highest BCUT2D eigenvalue weighted by Crippen LogP contribution is 2.39. The number of thioether (sulfide) groups is 2. The number of carbonyl (C=O) groups excluding carboxylic acids is 1. The van der Waals surface area contributed by atoms with E-state index in [1.54, 1.807) is 0 Å². The zero-order chi connectivity index (χ0) is 11.3. The van der Waals surface area contributed by atoms with Gasteiger partial charge < -0.3 is 0 Å². The predicted octanol–water partition coefficient (Wildman–Crippen LogP) is 4.09. The van der Waals surface area contributed by atoms with Crippen LogP contribution in [0.1, 0.15) is 40.0 Å². The maximum absolute atomic E-state index is 11.4. The summed E-state index contributed by atoms with van der Waals surface area (Å²) in [7, 11) is 0. The highest BCUT2D eigenvalue weighted by atomic mass is 32.2. The first kappa shape index (κ1) is 13.2. The van der Waals surface area contributed by atoms with E-state index < -0.39 is 0 Å². The molecule has 86 valence electrons. The molecule has 3 heteroatoms. The fraction of sp³-hybridized carbons (Fsp3) is 0.750. The fourth-order valence-corrected chi connectivity index (χ4v) is 4.32. The van der Waals surface area contributed by atoms with Gasteiger partial charge in [0.15, 0.2) is 0 Å². The summed E-state index contributed by atoms with van der Waals surface area (Å²) in [5, 5.41) is 0. The van der Waals surface area contributed by atoms with Crippen molar-refractivity contribution in [3.8, 4) is 0 Å². The average Bonchev–Trinajstić information content (AvgIpc) is 2.29. The van der Waals surface area contributed by atoms with Gasteiger partial charge in [-0.25, -0.2) is 0 Å². The van der Waals surface area contributed by atoms with Crippen LogP contribution in [0, 0.1) is 5.92 Å². The van der Waals surface area contributed by atoms with E-state index >= 15 is 0 Å². The molecule has 1 unspecified atom stereocenters. The predicted molar refractivity (Wildman–Crippen MR) is 71.3 cm³/mol. The van der Waals surface area contributed by atoms with Crippen molar-refractivity contribution in [2.75, 3.05) is 11.5 Å². The monoisotopic (exact) mass is 244 g/mol. The lowest BCUT2D eigenvalue weighted by molar-refractivity contribution is -0.119. The molecule has 0 bridgehead atoms. The van der Waals surface area contributed by atoms with E-state index in [9.17, 15) is 4.79 Å². The number of carbonyl (C=O) groups is 1. The highest BCUT2D eigenvalue weighted by Gasteiger charge is 2.16. The van der Waals surface area contributed by atoms with Gasteiger partial charge in [-0.05, 0) is 30.8 Å². The smallest absolute Gasteiger partial charge is 0.133 e. The minimum atomic E-state index is 0.383. The maximum Gasteiger partial charge on any atom is 0.133 e. The van der Waals surface area contributed by atoms with Crippen LogP contribution in [-0.2, 0) is 4.79 Å². The van der Waals surface area contributed by atoms with Crippen LogP contribution in [0.5, 0.6) is 0 Å². The lowest BCUT2D eigenvalue weighted by atomic mass is 9.97. The molecule has 0 aliphatic carbocycles. The molecule has 1 atom stereocenters. The molecule has 1 fully saturated rings. The van der Waals surface area contributed by atoms with Gasteiger partial charge in [0, 0.05) is 17.1 Å². The lowest BCUT2D eigenvalue weighted by Gasteiger charge is -2.19. The Morgan fingerprint density at radius 1 is 1.40 bits per heavy atom. The largest absolute Gasteiger partial charge is 0.300 e. The minimum absolute atomic E-state index is 0.383. The van der Waals surface area contributed by atoms with Crippen LogP contribution in [0.15, 0.2) is 9.81 Å². The van der Waals surface area contributed by atoms with Gasteiger partial charge in [0.2, 0.25) is 0 Å². The van der Waals surface area contributed by atoms with E-state index in [4.69, 9.17) is 0 Å². The Morgan fingerprint density at radius 2 is 2.00 bits per heavy atom. The molecule has 0 aromatic rings. The number of ketones is 1. The molecule has 0 spiro atoms. The zero-order valence-corrected chi connectivity index (χ0v) is 11.5. The van der Waals surface area contributed by atoms with Crippen LogP contribution < -0.4 is 0 Å². The van der Waals surface area contributed by atoms with Gasteiger partial charge in [-0.1, -0.05) is 19.4 Å². The van der Waals surface area contributed by atoms with Crippen molar-refractivity contribution < 1.29 is 4.79 Å². The third kappa shape index (κ3) is 4.23. The molecule has 1 heterocycles. The van der Waals surface area contributed by atoms with Crippen molar-refractivity contribution in [1.82, 2.24) is 0 Å². The molecule has 1 rings (SSSR count). The summed E-state index contributed by atoms with van der Waals surface area (Å²) in [6, 6.07) is 0. The minimum Gasteiger partial charge on any atom is -0.300 e. The van der Waals surface area contributed by atoms with Gasteiger partial charge in [0.1, 0.15) is 5.78 Å². The van der Waals surface area contributed by atoms with Gasteiger partial charge in [-0.3, -0.25) is 4.79 Å². The third-order valence-corrected chi connectivity index (χ3v) is 5.61. The number of rotatable bonds is 4. The van der Waals surface area contributed by atoms with Crippen molar-refractivity contribution in [3.63, 3.8) is 0 Å². The van der Waals surface area contributed by atoms with E-state index in [1.165, 1.54) is 27.7 Å². The second kappa shape index (κ2) is 6.64. The molecule has 1 saturated heterocycles. The summed E-state index contributed by atoms with van der Waals surface area (Å²) in [4.78, 5) is 11.4. The molecule has 0 aromatic carbocycles. The number of hydrogen-bond acceptors (Lipinski definition) is 3. The summed E-state index contributed by atoms with van der Waals surface area (Å²) in [5.74, 6) is 3.29. The highest BCUT2D eigenvalue weighted by molar-refractivity contribution is 8.22. The molecule has 15 heavy (non-hydrogen) atoms. The van der Waals surface area contributed by atoms with E-state index in [0.29, 0.717) is 24.5 Å². The summed E-state index contributed by atoms with van der Waals surface area (Å²) in [6.07, 6.45) is 2.70. The van der Waals surface area contributed by atoms with Crippen LogP contribution in [-0.4, -0.2) is 17.3 Å². The topological polar surface area (TPSA) is 17.1 Å². The van der Waals surface area contributed by atoms with Crippen LogP contribution >= 0.6 is 23.5 Å². The fourth-order valence-electron chi connectivity index (χ4n) is 1.50. The molecule has 0 aromatic heterocycles. The molecule has 1 aliphatic rings. The Balaban J connectivity index is 2.56. The lowest BCUT2D eigenvalue weighted by Crippen LogP contribution is -2.07. The van der Waals surface area contributed by atoms with Crippen molar-refractivity contribution in [2.24, 2.45) is 5.92 Å². The van der Waals surface area contributed by atoms with Crippen LogP contribution in [0.3, 0.4) is 0 Å². The van der Waals surface area contributed by atoms with E-state index in [-0.39, 0.29) is 0 Å². The molecule has 0 amide bonds. The van der Waals surface area contributed by atoms with Gasteiger partial charge in [-0.2, -0.15) is 0 Å². The summed E-state index contributed by atoms with van der Waals surface area (Å²) < 4.78 is 1.47. The van der Waals surface area contributed by atoms with Crippen molar-refractivity contribution in [2.45, 2.75) is 40.0 Å². The summed E-state index contributed by atoms with van der Waals surface area (Å²) in [6.45, 7) is 6.31. The molecular formula is C12H20OS2. The first-order chi connectivity index (χ1) is 7.15. The van der Waals surface area contributed by atoms with Crippen molar-refractivity contribution in [3.05, 3.63) is 9.81 Å². The standard InChI is InChI=1S/C12H20OS2/c1-4-11(13)8-9(2)10(3)12-14-6-5-7-15-12/h9H,4-8H2,1-3H3. The van der Waals surface area contributed by atoms with Gasteiger partial charge in [0.05, 0.1) is 0 Å². The molecule has 1 nitrogen and oxygen atoms in total. The quantitative estimate of drug-likeness (QED) is 0.741. The van der Waals surface area contributed by atoms with Crippen LogP contribution in [0.4, 0.5) is 0 Å². The zero-order valence-electron chi connectivity index (χ0n) is 9.84. The number of allylic oxidation sites excluding steroid dienone is 1. The molecule has 0 N–H and O–H groups in total. The second-order valence-electron chi connectivity index (χ2n) is 4.02. The molecule has 1 aliphatic heterocycles. The van der Waals surface area contributed by atoms with Crippen molar-refractivity contribution >= 4 is 29.3 Å².